The second-order valence-corrected chi connectivity index (χ2v) is 9.63. The fourth-order valence-corrected chi connectivity index (χ4v) is 4.94. The van der Waals surface area contributed by atoms with Crippen molar-refractivity contribution in [3.05, 3.63) is 64.9 Å². The number of rotatable bonds is 6. The zero-order chi connectivity index (χ0) is 23.3. The summed E-state index contributed by atoms with van der Waals surface area (Å²) in [6.07, 6.45) is 5.14. The lowest BCUT2D eigenvalue weighted by Gasteiger charge is -2.43. The molecule has 0 aliphatic carbocycles. The van der Waals surface area contributed by atoms with Gasteiger partial charge in [-0.2, -0.15) is 0 Å². The van der Waals surface area contributed by atoms with Crippen molar-refractivity contribution in [1.82, 2.24) is 9.80 Å². The van der Waals surface area contributed by atoms with Gasteiger partial charge in [-0.1, -0.05) is 11.6 Å². The number of likely N-dealkylation sites (tertiary alicyclic amines) is 2. The highest BCUT2D eigenvalue weighted by molar-refractivity contribution is 6.30. The Morgan fingerprint density at radius 2 is 1.58 bits per heavy atom. The number of hydrogen-bond donors (Lipinski definition) is 0. The van der Waals surface area contributed by atoms with E-state index < -0.39 is 5.41 Å². The van der Waals surface area contributed by atoms with Gasteiger partial charge in [-0.3, -0.25) is 9.59 Å². The highest BCUT2D eigenvalue weighted by Gasteiger charge is 2.41. The molecule has 2 aliphatic heterocycles. The summed E-state index contributed by atoms with van der Waals surface area (Å²) >= 11 is 5.98. The highest BCUT2D eigenvalue weighted by Crippen LogP contribution is 2.36. The van der Waals surface area contributed by atoms with E-state index >= 15 is 0 Å². The first-order chi connectivity index (χ1) is 15.9. The highest BCUT2D eigenvalue weighted by atomic mass is 35.5. The smallest absolute Gasteiger partial charge is 0.253 e. The summed E-state index contributed by atoms with van der Waals surface area (Å²) in [7, 11) is 0. The average Bonchev–Trinajstić information content (AvgIpc) is 2.84. The third kappa shape index (κ3) is 6.05. The van der Waals surface area contributed by atoms with E-state index in [9.17, 15) is 14.0 Å². The largest absolute Gasteiger partial charge is 0.493 e. The van der Waals surface area contributed by atoms with E-state index in [1.54, 1.807) is 36.4 Å². The summed E-state index contributed by atoms with van der Waals surface area (Å²) in [5.41, 5.74) is 0.0838. The number of amides is 2. The molecule has 0 bridgehead atoms. The molecule has 7 heteroatoms. The van der Waals surface area contributed by atoms with Crippen molar-refractivity contribution in [2.45, 2.75) is 38.5 Å². The van der Waals surface area contributed by atoms with Crippen LogP contribution in [0.15, 0.2) is 48.5 Å². The Hall–Kier alpha value is -2.60. The third-order valence-corrected chi connectivity index (χ3v) is 6.89. The second-order valence-electron chi connectivity index (χ2n) is 9.20. The monoisotopic (exact) mass is 472 g/mol. The molecule has 33 heavy (non-hydrogen) atoms. The maximum Gasteiger partial charge on any atom is 0.253 e. The number of benzene rings is 2. The average molecular weight is 473 g/mol. The Balaban J connectivity index is 1.52. The van der Waals surface area contributed by atoms with Crippen LogP contribution in [-0.4, -0.2) is 54.4 Å². The number of carbonyl (C=O) groups excluding carboxylic acids is 2. The van der Waals surface area contributed by atoms with E-state index in [0.29, 0.717) is 42.5 Å². The van der Waals surface area contributed by atoms with Crippen molar-refractivity contribution in [1.29, 1.82) is 0 Å². The van der Waals surface area contributed by atoms with Crippen molar-refractivity contribution in [3.63, 3.8) is 0 Å². The molecule has 176 valence electrons. The number of halogens is 2. The van der Waals surface area contributed by atoms with Crippen LogP contribution in [-0.2, 0) is 4.79 Å². The Bertz CT molecular complexity index is 961. The quantitative estimate of drug-likeness (QED) is 0.581. The molecule has 2 fully saturated rings. The van der Waals surface area contributed by atoms with Crippen LogP contribution >= 0.6 is 11.6 Å². The lowest BCUT2D eigenvalue weighted by atomic mass is 9.77. The Morgan fingerprint density at radius 1 is 0.909 bits per heavy atom. The van der Waals surface area contributed by atoms with Gasteiger partial charge in [0.2, 0.25) is 5.91 Å². The minimum absolute atomic E-state index is 0.0667. The van der Waals surface area contributed by atoms with E-state index in [2.05, 4.69) is 0 Å². The fourth-order valence-electron chi connectivity index (χ4n) is 4.81. The lowest BCUT2D eigenvalue weighted by molar-refractivity contribution is -0.136. The van der Waals surface area contributed by atoms with E-state index in [1.807, 2.05) is 9.80 Å². The van der Waals surface area contributed by atoms with Gasteiger partial charge in [-0.25, -0.2) is 4.39 Å². The van der Waals surface area contributed by atoms with Gasteiger partial charge < -0.3 is 14.5 Å². The van der Waals surface area contributed by atoms with E-state index in [0.717, 1.165) is 45.2 Å². The summed E-state index contributed by atoms with van der Waals surface area (Å²) in [6, 6.07) is 12.8. The SMILES string of the molecule is O=C(C[C@]1(COc2ccc(F)cc2)CCCN(C(=O)c2ccc(Cl)cc2)C1)N1CCCCC1. The molecule has 5 nitrogen and oxygen atoms in total. The number of ether oxygens (including phenoxy) is 1. The van der Waals surface area contributed by atoms with Crippen molar-refractivity contribution < 1.29 is 18.7 Å². The predicted molar refractivity (Wildman–Crippen MR) is 126 cm³/mol. The standard InChI is InChI=1S/C26H30ClFN2O3/c27-21-7-5-20(6-8-21)25(32)30-16-4-13-26(18-30,17-24(31)29-14-2-1-3-15-29)19-33-23-11-9-22(28)10-12-23/h5-12H,1-4,13-19H2/t26-/m1/s1. The number of hydrogen-bond acceptors (Lipinski definition) is 3. The van der Waals surface area contributed by atoms with Gasteiger partial charge in [0.25, 0.3) is 5.91 Å². The molecule has 2 aromatic rings. The normalized spacial score (nSPS) is 21.0. The molecule has 0 spiro atoms. The maximum absolute atomic E-state index is 13.3. The third-order valence-electron chi connectivity index (χ3n) is 6.63. The first-order valence-electron chi connectivity index (χ1n) is 11.7. The predicted octanol–water partition coefficient (Wildman–Crippen LogP) is 5.18. The Labute approximate surface area is 199 Å². The summed E-state index contributed by atoms with van der Waals surface area (Å²) in [5, 5.41) is 0.583. The molecule has 1 atom stereocenters. The number of piperidine rings is 2. The van der Waals surface area contributed by atoms with Crippen LogP contribution < -0.4 is 4.74 Å². The van der Waals surface area contributed by atoms with E-state index in [4.69, 9.17) is 16.3 Å². The fraction of sp³-hybridized carbons (Fsp3) is 0.462. The number of carbonyl (C=O) groups is 2. The lowest BCUT2D eigenvalue weighted by Crippen LogP contribution is -2.51. The maximum atomic E-state index is 13.3. The molecule has 2 heterocycles. The first-order valence-corrected chi connectivity index (χ1v) is 12.0. The molecule has 0 saturated carbocycles. The summed E-state index contributed by atoms with van der Waals surface area (Å²) < 4.78 is 19.4. The van der Waals surface area contributed by atoms with Gasteiger partial charge >= 0.3 is 0 Å². The Morgan fingerprint density at radius 3 is 2.27 bits per heavy atom. The van der Waals surface area contributed by atoms with Crippen molar-refractivity contribution in [2.24, 2.45) is 5.41 Å². The van der Waals surface area contributed by atoms with Crippen LogP contribution in [0.1, 0.15) is 48.9 Å². The zero-order valence-corrected chi connectivity index (χ0v) is 19.5. The molecule has 0 aromatic heterocycles. The molecular formula is C26H30ClFN2O3. The van der Waals surface area contributed by atoms with Gasteiger partial charge in [-0.05, 0) is 80.6 Å². The molecule has 0 unspecified atom stereocenters. The minimum atomic E-state index is -0.497. The van der Waals surface area contributed by atoms with Gasteiger partial charge in [0.1, 0.15) is 11.6 Å². The van der Waals surface area contributed by atoms with Crippen LogP contribution in [0.4, 0.5) is 4.39 Å². The molecule has 2 aliphatic rings. The Kier molecular flexibility index (Phi) is 7.53. The van der Waals surface area contributed by atoms with Gasteiger partial charge in [0.15, 0.2) is 0 Å². The molecular weight excluding hydrogens is 443 g/mol. The van der Waals surface area contributed by atoms with Crippen molar-refractivity contribution in [3.8, 4) is 5.75 Å². The van der Waals surface area contributed by atoms with Gasteiger partial charge in [0, 0.05) is 48.6 Å². The minimum Gasteiger partial charge on any atom is -0.493 e. The van der Waals surface area contributed by atoms with Crippen molar-refractivity contribution >= 4 is 23.4 Å². The molecule has 2 aromatic carbocycles. The summed E-state index contributed by atoms with van der Waals surface area (Å²) in [4.78, 5) is 30.2. The molecule has 0 N–H and O–H groups in total. The molecule has 0 radical (unpaired) electrons. The summed E-state index contributed by atoms with van der Waals surface area (Å²) in [5.74, 6) is 0.290. The summed E-state index contributed by atoms with van der Waals surface area (Å²) in [6.45, 7) is 2.96. The molecule has 2 saturated heterocycles. The van der Waals surface area contributed by atoms with Crippen LogP contribution in [0.25, 0.3) is 0 Å². The second kappa shape index (κ2) is 10.6. The molecule has 2 amide bonds. The zero-order valence-electron chi connectivity index (χ0n) is 18.8. The van der Waals surface area contributed by atoms with Crippen molar-refractivity contribution in [2.75, 3.05) is 32.8 Å². The van der Waals surface area contributed by atoms with Crippen LogP contribution in [0.5, 0.6) is 5.75 Å². The van der Waals surface area contributed by atoms with Gasteiger partial charge in [0.05, 0.1) is 6.61 Å². The van der Waals surface area contributed by atoms with Gasteiger partial charge in [-0.15, -0.1) is 0 Å². The topological polar surface area (TPSA) is 49.9 Å². The first kappa shape index (κ1) is 23.6. The van der Waals surface area contributed by atoms with E-state index in [-0.39, 0.29) is 17.6 Å². The number of nitrogens with zero attached hydrogens (tertiary/aromatic N) is 2. The van der Waals surface area contributed by atoms with E-state index in [1.165, 1.54) is 12.1 Å². The molecule has 4 rings (SSSR count). The van der Waals surface area contributed by atoms with Crippen LogP contribution in [0.2, 0.25) is 5.02 Å². The van der Waals surface area contributed by atoms with Crippen LogP contribution in [0, 0.1) is 11.2 Å². The van der Waals surface area contributed by atoms with Crippen LogP contribution in [0.3, 0.4) is 0 Å².